The largest absolute Gasteiger partial charge is 0.399 e. The van der Waals surface area contributed by atoms with Crippen LogP contribution in [-0.4, -0.2) is 4.92 Å². The van der Waals surface area contributed by atoms with Crippen LogP contribution >= 0.6 is 27.3 Å². The van der Waals surface area contributed by atoms with Crippen LogP contribution in [0.3, 0.4) is 0 Å². The normalized spacial score (nSPS) is 10.6. The maximum absolute atomic E-state index is 10.6. The molecule has 2 N–H and O–H groups in total. The number of hydrogen-bond acceptors (Lipinski definition) is 4. The Morgan fingerprint density at radius 1 is 1.50 bits per heavy atom. The number of nitrogens with zero attached hydrogens (tertiary/aromatic N) is 1. The Hall–Kier alpha value is -1.14. The molecular formula is C8H5BrN2O2S. The van der Waals surface area contributed by atoms with Gasteiger partial charge in [0.1, 0.15) is 4.47 Å². The van der Waals surface area contributed by atoms with E-state index in [2.05, 4.69) is 15.9 Å². The van der Waals surface area contributed by atoms with Crippen LogP contribution in [0.5, 0.6) is 0 Å². The van der Waals surface area contributed by atoms with Crippen LogP contribution < -0.4 is 5.73 Å². The van der Waals surface area contributed by atoms with Gasteiger partial charge in [0.15, 0.2) is 0 Å². The van der Waals surface area contributed by atoms with Crippen LogP contribution in [-0.2, 0) is 0 Å². The van der Waals surface area contributed by atoms with Crippen molar-refractivity contribution in [3.63, 3.8) is 0 Å². The number of fused-ring (bicyclic) bond motifs is 1. The van der Waals surface area contributed by atoms with Gasteiger partial charge in [-0.2, -0.15) is 0 Å². The molecule has 1 aromatic heterocycles. The second-order valence-corrected chi connectivity index (χ2v) is 4.56. The number of halogens is 1. The molecule has 0 spiro atoms. The average Bonchev–Trinajstić information content (AvgIpc) is 2.44. The maximum atomic E-state index is 10.6. The van der Waals surface area contributed by atoms with Crippen molar-refractivity contribution in [2.75, 3.05) is 5.73 Å². The summed E-state index contributed by atoms with van der Waals surface area (Å²) in [5.41, 5.74) is 6.19. The molecule has 0 radical (unpaired) electrons. The van der Waals surface area contributed by atoms with Crippen molar-refractivity contribution in [3.05, 3.63) is 32.8 Å². The Kier molecular flexibility index (Phi) is 2.16. The van der Waals surface area contributed by atoms with Crippen LogP contribution in [0.2, 0.25) is 0 Å². The minimum absolute atomic E-state index is 0.116. The summed E-state index contributed by atoms with van der Waals surface area (Å²) in [4.78, 5) is 10.2. The summed E-state index contributed by atoms with van der Waals surface area (Å²) >= 11 is 4.34. The standard InChI is InChI=1S/C8H5BrN2O2S/c9-7-5-3-4(10)1-2-6(5)14-8(7)11(12)13/h1-3H,10H2. The Morgan fingerprint density at radius 2 is 2.21 bits per heavy atom. The molecule has 0 fully saturated rings. The lowest BCUT2D eigenvalue weighted by atomic mass is 10.2. The predicted octanol–water partition coefficient (Wildman–Crippen LogP) is 3.15. The van der Waals surface area contributed by atoms with Gasteiger partial charge in [0.05, 0.1) is 4.92 Å². The molecule has 0 saturated heterocycles. The highest BCUT2D eigenvalue weighted by Crippen LogP contribution is 2.41. The first kappa shape index (κ1) is 9.42. The summed E-state index contributed by atoms with van der Waals surface area (Å²) in [7, 11) is 0. The Labute approximate surface area is 91.6 Å². The van der Waals surface area contributed by atoms with Gasteiger partial charge in [0, 0.05) is 15.8 Å². The van der Waals surface area contributed by atoms with Crippen molar-refractivity contribution in [1.29, 1.82) is 0 Å². The summed E-state index contributed by atoms with van der Waals surface area (Å²) in [5, 5.41) is 11.5. The Morgan fingerprint density at radius 3 is 2.86 bits per heavy atom. The molecular weight excluding hydrogens is 268 g/mol. The number of anilines is 1. The van der Waals surface area contributed by atoms with Crippen molar-refractivity contribution in [2.24, 2.45) is 0 Å². The first-order valence-electron chi connectivity index (χ1n) is 3.71. The third-order valence-electron chi connectivity index (χ3n) is 1.80. The van der Waals surface area contributed by atoms with Gasteiger partial charge < -0.3 is 5.73 Å². The minimum Gasteiger partial charge on any atom is -0.399 e. The topological polar surface area (TPSA) is 69.2 Å². The maximum Gasteiger partial charge on any atom is 0.339 e. The molecule has 1 aromatic carbocycles. The van der Waals surface area contributed by atoms with E-state index in [4.69, 9.17) is 5.73 Å². The molecule has 2 aromatic rings. The highest BCUT2D eigenvalue weighted by atomic mass is 79.9. The molecule has 1 heterocycles. The molecule has 0 atom stereocenters. The highest BCUT2D eigenvalue weighted by Gasteiger charge is 2.18. The van der Waals surface area contributed by atoms with Crippen molar-refractivity contribution in [3.8, 4) is 0 Å². The van der Waals surface area contributed by atoms with E-state index in [0.29, 0.717) is 10.2 Å². The monoisotopic (exact) mass is 272 g/mol. The van der Waals surface area contributed by atoms with Gasteiger partial charge in [-0.1, -0.05) is 11.3 Å². The van der Waals surface area contributed by atoms with Crippen LogP contribution in [0.4, 0.5) is 10.7 Å². The molecule has 0 unspecified atom stereocenters. The van der Waals surface area contributed by atoms with E-state index in [1.54, 1.807) is 18.2 Å². The summed E-state index contributed by atoms with van der Waals surface area (Å²) in [6.45, 7) is 0. The van der Waals surface area contributed by atoms with Crippen molar-refractivity contribution in [2.45, 2.75) is 0 Å². The lowest BCUT2D eigenvalue weighted by Crippen LogP contribution is -1.83. The third-order valence-corrected chi connectivity index (χ3v) is 3.99. The van der Waals surface area contributed by atoms with Gasteiger partial charge in [0.2, 0.25) is 0 Å². The fraction of sp³-hybridized carbons (Fsp3) is 0. The van der Waals surface area contributed by atoms with Crippen molar-refractivity contribution >= 4 is 48.0 Å². The van der Waals surface area contributed by atoms with Crippen molar-refractivity contribution in [1.82, 2.24) is 0 Å². The summed E-state index contributed by atoms with van der Waals surface area (Å²) in [6.07, 6.45) is 0. The third kappa shape index (κ3) is 1.36. The molecule has 0 aliphatic rings. The molecule has 0 amide bonds. The summed E-state index contributed by atoms with van der Waals surface area (Å²) in [6, 6.07) is 5.24. The lowest BCUT2D eigenvalue weighted by molar-refractivity contribution is -0.380. The molecule has 0 aliphatic carbocycles. The molecule has 0 aliphatic heterocycles. The number of thiophene rings is 1. The molecule has 0 saturated carbocycles. The molecule has 4 nitrogen and oxygen atoms in total. The van der Waals surface area contributed by atoms with Gasteiger partial charge in [-0.25, -0.2) is 0 Å². The quantitative estimate of drug-likeness (QED) is 0.493. The van der Waals surface area contributed by atoms with E-state index in [9.17, 15) is 10.1 Å². The molecule has 2 rings (SSSR count). The second kappa shape index (κ2) is 3.21. The Balaban J connectivity index is 2.80. The van der Waals surface area contributed by atoms with Gasteiger partial charge in [-0.05, 0) is 34.1 Å². The predicted molar refractivity (Wildman–Crippen MR) is 60.6 cm³/mol. The van der Waals surface area contributed by atoms with Gasteiger partial charge in [0.25, 0.3) is 0 Å². The molecule has 72 valence electrons. The highest BCUT2D eigenvalue weighted by molar-refractivity contribution is 9.10. The van der Waals surface area contributed by atoms with Crippen LogP contribution in [0.25, 0.3) is 10.1 Å². The average molecular weight is 273 g/mol. The van der Waals surface area contributed by atoms with Crippen LogP contribution in [0, 0.1) is 10.1 Å². The number of nitrogens with two attached hydrogens (primary N) is 1. The van der Waals surface area contributed by atoms with E-state index in [-0.39, 0.29) is 5.00 Å². The zero-order valence-electron chi connectivity index (χ0n) is 6.86. The first-order chi connectivity index (χ1) is 6.59. The van der Waals surface area contributed by atoms with Crippen LogP contribution in [0.15, 0.2) is 22.7 Å². The SMILES string of the molecule is Nc1ccc2sc([N+](=O)[O-])c(Br)c2c1. The summed E-state index contributed by atoms with van der Waals surface area (Å²) < 4.78 is 1.37. The lowest BCUT2D eigenvalue weighted by Gasteiger charge is -1.91. The zero-order valence-corrected chi connectivity index (χ0v) is 9.26. The van der Waals surface area contributed by atoms with E-state index < -0.39 is 4.92 Å². The fourth-order valence-corrected chi connectivity index (χ4v) is 2.93. The van der Waals surface area contributed by atoms with Crippen molar-refractivity contribution < 1.29 is 4.92 Å². The summed E-state index contributed by atoms with van der Waals surface area (Å²) in [5.74, 6) is 0. The molecule has 0 bridgehead atoms. The van der Waals surface area contributed by atoms with Gasteiger partial charge in [-0.3, -0.25) is 10.1 Å². The van der Waals surface area contributed by atoms with E-state index in [0.717, 1.165) is 21.4 Å². The molecule has 14 heavy (non-hydrogen) atoms. The number of nitro groups is 1. The van der Waals surface area contributed by atoms with E-state index in [1.165, 1.54) is 0 Å². The van der Waals surface area contributed by atoms with E-state index >= 15 is 0 Å². The van der Waals surface area contributed by atoms with E-state index in [1.807, 2.05) is 0 Å². The zero-order chi connectivity index (χ0) is 10.3. The molecule has 6 heteroatoms. The first-order valence-corrected chi connectivity index (χ1v) is 5.32. The van der Waals surface area contributed by atoms with Crippen LogP contribution in [0.1, 0.15) is 0 Å². The number of rotatable bonds is 1. The number of benzene rings is 1. The Bertz CT molecular complexity index is 523. The fourth-order valence-electron chi connectivity index (χ4n) is 1.19. The van der Waals surface area contributed by atoms with Gasteiger partial charge >= 0.3 is 5.00 Å². The second-order valence-electron chi connectivity index (χ2n) is 2.73. The van der Waals surface area contributed by atoms with Gasteiger partial charge in [-0.15, -0.1) is 0 Å². The minimum atomic E-state index is -0.398. The smallest absolute Gasteiger partial charge is 0.339 e. The number of hydrogen-bond donors (Lipinski definition) is 1. The number of nitrogen functional groups attached to an aromatic ring is 1.